The molecule has 0 saturated carbocycles. The van der Waals surface area contributed by atoms with Gasteiger partial charge in [-0.05, 0) is 90.5 Å². The third kappa shape index (κ3) is 3.67. The minimum atomic E-state index is -0.353. The SMILES string of the molecule is Fc1ccc(-c2nc3c(-c4ccncc4)c(-c4ccc(F)cc4)[nH]n3c2-c2ccc(F)cc2)cc1. The van der Waals surface area contributed by atoms with Crippen LogP contribution >= 0.6 is 0 Å². The fourth-order valence-electron chi connectivity index (χ4n) is 4.28. The molecule has 0 fully saturated rings. The molecular weight excluding hydrogens is 449 g/mol. The van der Waals surface area contributed by atoms with Crippen molar-refractivity contribution in [2.75, 3.05) is 0 Å². The number of pyridine rings is 1. The van der Waals surface area contributed by atoms with Crippen LogP contribution in [0, 0.1) is 17.5 Å². The van der Waals surface area contributed by atoms with E-state index in [2.05, 4.69) is 10.1 Å². The van der Waals surface area contributed by atoms with Gasteiger partial charge in [0.2, 0.25) is 0 Å². The lowest BCUT2D eigenvalue weighted by Crippen LogP contribution is -1.92. The van der Waals surface area contributed by atoms with Gasteiger partial charge < -0.3 is 0 Å². The van der Waals surface area contributed by atoms with Crippen molar-refractivity contribution in [3.63, 3.8) is 0 Å². The smallest absolute Gasteiger partial charge is 0.162 e. The summed E-state index contributed by atoms with van der Waals surface area (Å²) in [7, 11) is 0. The first kappa shape index (κ1) is 20.9. The van der Waals surface area contributed by atoms with Crippen molar-refractivity contribution in [3.05, 3.63) is 115 Å². The van der Waals surface area contributed by atoms with Crippen LogP contribution in [0.15, 0.2) is 97.3 Å². The van der Waals surface area contributed by atoms with Crippen LogP contribution in [0.1, 0.15) is 0 Å². The zero-order chi connectivity index (χ0) is 23.9. The van der Waals surface area contributed by atoms with Crippen LogP contribution < -0.4 is 0 Å². The highest BCUT2D eigenvalue weighted by Crippen LogP contribution is 2.40. The van der Waals surface area contributed by atoms with Gasteiger partial charge in [0.05, 0.1) is 22.6 Å². The number of hydrogen-bond acceptors (Lipinski definition) is 2. The summed E-state index contributed by atoms with van der Waals surface area (Å²) in [4.78, 5) is 9.10. The molecule has 1 N–H and O–H groups in total. The molecule has 0 spiro atoms. The second kappa shape index (κ2) is 8.29. The van der Waals surface area contributed by atoms with Gasteiger partial charge >= 0.3 is 0 Å². The molecule has 4 nitrogen and oxygen atoms in total. The molecule has 0 atom stereocenters. The molecule has 0 amide bonds. The molecule has 7 heteroatoms. The van der Waals surface area contributed by atoms with Crippen LogP contribution in [0.5, 0.6) is 0 Å². The first-order chi connectivity index (χ1) is 17.1. The average Bonchev–Trinajstić information content (AvgIpc) is 3.42. The van der Waals surface area contributed by atoms with E-state index >= 15 is 0 Å². The second-order valence-electron chi connectivity index (χ2n) is 8.09. The molecule has 0 bridgehead atoms. The predicted molar refractivity (Wildman–Crippen MR) is 129 cm³/mol. The first-order valence-corrected chi connectivity index (χ1v) is 10.9. The third-order valence-corrected chi connectivity index (χ3v) is 5.91. The highest BCUT2D eigenvalue weighted by molar-refractivity contribution is 5.94. The number of benzene rings is 3. The Morgan fingerprint density at radius 3 is 1.66 bits per heavy atom. The fraction of sp³-hybridized carbons (Fsp3) is 0. The normalized spacial score (nSPS) is 11.3. The summed E-state index contributed by atoms with van der Waals surface area (Å²) in [5, 5.41) is 3.43. The predicted octanol–water partition coefficient (Wildman–Crippen LogP) is 7.14. The van der Waals surface area contributed by atoms with E-state index in [0.717, 1.165) is 27.9 Å². The monoisotopic (exact) mass is 466 g/mol. The second-order valence-corrected chi connectivity index (χ2v) is 8.09. The van der Waals surface area contributed by atoms with Crippen molar-refractivity contribution in [1.29, 1.82) is 0 Å². The molecule has 6 rings (SSSR count). The van der Waals surface area contributed by atoms with Crippen molar-refractivity contribution >= 4 is 5.65 Å². The maximum atomic E-state index is 13.7. The number of nitrogens with one attached hydrogen (secondary N) is 1. The van der Waals surface area contributed by atoms with Crippen molar-refractivity contribution in [2.45, 2.75) is 0 Å². The Balaban J connectivity index is 1.70. The van der Waals surface area contributed by atoms with E-state index < -0.39 is 0 Å². The van der Waals surface area contributed by atoms with E-state index in [1.54, 1.807) is 48.8 Å². The van der Waals surface area contributed by atoms with Gasteiger partial charge in [0, 0.05) is 29.1 Å². The molecule has 0 aliphatic rings. The van der Waals surface area contributed by atoms with Gasteiger partial charge in [-0.15, -0.1) is 0 Å². The van der Waals surface area contributed by atoms with Gasteiger partial charge in [-0.25, -0.2) is 22.7 Å². The number of imidazole rings is 1. The minimum absolute atomic E-state index is 0.332. The Bertz CT molecular complexity index is 1630. The van der Waals surface area contributed by atoms with Crippen molar-refractivity contribution in [3.8, 4) is 44.9 Å². The standard InChI is InChI=1S/C28H17F3N4/c29-21-7-1-18(2-8-21)25-24(17-13-15-32-16-14-17)28-33-26(19-3-9-22(30)10-4-19)27(35(28)34-25)20-5-11-23(31)12-6-20/h1-16,34H. The topological polar surface area (TPSA) is 46.0 Å². The number of rotatable bonds is 4. The number of fused-ring (bicyclic) bond motifs is 1. The largest absolute Gasteiger partial charge is 0.291 e. The number of hydrogen-bond donors (Lipinski definition) is 1. The number of aromatic nitrogens is 4. The molecule has 0 saturated heterocycles. The summed E-state index contributed by atoms with van der Waals surface area (Å²) in [6, 6.07) is 22.2. The van der Waals surface area contributed by atoms with E-state index in [0.29, 0.717) is 22.6 Å². The third-order valence-electron chi connectivity index (χ3n) is 5.91. The molecule has 0 aliphatic carbocycles. The van der Waals surface area contributed by atoms with Crippen LogP contribution in [0.2, 0.25) is 0 Å². The lowest BCUT2D eigenvalue weighted by molar-refractivity contribution is 0.627. The molecule has 0 unspecified atom stereocenters. The Kier molecular flexibility index (Phi) is 4.95. The molecule has 35 heavy (non-hydrogen) atoms. The maximum Gasteiger partial charge on any atom is 0.162 e. The zero-order valence-corrected chi connectivity index (χ0v) is 18.2. The van der Waals surface area contributed by atoms with Crippen LogP contribution in [0.4, 0.5) is 13.2 Å². The minimum Gasteiger partial charge on any atom is -0.291 e. The Labute approximate surface area is 198 Å². The molecular formula is C28H17F3N4. The van der Waals surface area contributed by atoms with E-state index in [1.807, 2.05) is 16.6 Å². The van der Waals surface area contributed by atoms with E-state index in [1.165, 1.54) is 36.4 Å². The van der Waals surface area contributed by atoms with Gasteiger partial charge in [0.15, 0.2) is 5.65 Å². The number of halogens is 3. The Morgan fingerprint density at radius 1 is 0.571 bits per heavy atom. The summed E-state index contributed by atoms with van der Waals surface area (Å²) in [5.41, 5.74) is 6.55. The van der Waals surface area contributed by atoms with Gasteiger partial charge in [-0.2, -0.15) is 0 Å². The maximum absolute atomic E-state index is 13.7. The van der Waals surface area contributed by atoms with Crippen LogP contribution in [0.25, 0.3) is 50.5 Å². The zero-order valence-electron chi connectivity index (χ0n) is 18.2. The molecule has 0 radical (unpaired) electrons. The first-order valence-electron chi connectivity index (χ1n) is 10.9. The lowest BCUT2D eigenvalue weighted by Gasteiger charge is -2.07. The molecule has 3 aromatic carbocycles. The highest BCUT2D eigenvalue weighted by Gasteiger charge is 2.24. The number of nitrogens with zero attached hydrogens (tertiary/aromatic N) is 3. The summed E-state index contributed by atoms with van der Waals surface area (Å²) in [6.07, 6.45) is 3.38. The molecule has 3 aromatic heterocycles. The summed E-state index contributed by atoms with van der Waals surface area (Å²) < 4.78 is 42.9. The molecule has 170 valence electrons. The van der Waals surface area contributed by atoms with Gasteiger partial charge in [-0.3, -0.25) is 10.1 Å². The quantitative estimate of drug-likeness (QED) is 0.300. The Morgan fingerprint density at radius 2 is 1.09 bits per heavy atom. The van der Waals surface area contributed by atoms with Gasteiger partial charge in [0.1, 0.15) is 17.5 Å². The van der Waals surface area contributed by atoms with E-state index in [4.69, 9.17) is 4.98 Å². The number of aromatic amines is 1. The van der Waals surface area contributed by atoms with E-state index in [-0.39, 0.29) is 17.5 Å². The molecule has 0 aliphatic heterocycles. The highest BCUT2D eigenvalue weighted by atomic mass is 19.1. The summed E-state index contributed by atoms with van der Waals surface area (Å²) in [6.45, 7) is 0. The number of H-pyrrole nitrogens is 1. The molecule has 6 aromatic rings. The van der Waals surface area contributed by atoms with Gasteiger partial charge in [-0.1, -0.05) is 0 Å². The van der Waals surface area contributed by atoms with Crippen molar-refractivity contribution in [2.24, 2.45) is 0 Å². The molecule has 3 heterocycles. The fourth-order valence-corrected chi connectivity index (χ4v) is 4.28. The van der Waals surface area contributed by atoms with Crippen molar-refractivity contribution < 1.29 is 13.2 Å². The summed E-state index contributed by atoms with van der Waals surface area (Å²) in [5.74, 6) is -1.03. The van der Waals surface area contributed by atoms with E-state index in [9.17, 15) is 13.2 Å². The lowest BCUT2D eigenvalue weighted by atomic mass is 10.0. The van der Waals surface area contributed by atoms with Gasteiger partial charge in [0.25, 0.3) is 0 Å². The van der Waals surface area contributed by atoms with Crippen LogP contribution in [-0.2, 0) is 0 Å². The average molecular weight is 466 g/mol. The van der Waals surface area contributed by atoms with Crippen LogP contribution in [0.3, 0.4) is 0 Å². The summed E-state index contributed by atoms with van der Waals surface area (Å²) >= 11 is 0. The van der Waals surface area contributed by atoms with Crippen LogP contribution in [-0.4, -0.2) is 19.6 Å². The Hall–Kier alpha value is -4.65. The van der Waals surface area contributed by atoms with Crippen molar-refractivity contribution in [1.82, 2.24) is 19.6 Å².